The minimum atomic E-state index is -0.775. The smallest absolute Gasteiger partial charge is 0.313 e. The minimum Gasteiger partial charge on any atom is -0.313 e. The van der Waals surface area contributed by atoms with Crippen molar-refractivity contribution in [1.29, 1.82) is 5.26 Å². The molecule has 1 fully saturated rings. The van der Waals surface area contributed by atoms with Crippen LogP contribution < -0.4 is 11.2 Å². The SMILES string of the molecule is N#Cc1cc(F)c([C@@H]2C[C@H]2c2cc(-c3c[nH]c(=O)[nH]c3=O)nn3ncnc23)c(F)c1. The monoisotopic (exact) mass is 407 g/mol. The fourth-order valence-electron chi connectivity index (χ4n) is 3.71. The van der Waals surface area contributed by atoms with E-state index in [-0.39, 0.29) is 28.3 Å². The first-order valence-electron chi connectivity index (χ1n) is 8.88. The van der Waals surface area contributed by atoms with E-state index >= 15 is 0 Å². The third-order valence-corrected chi connectivity index (χ3v) is 5.15. The van der Waals surface area contributed by atoms with E-state index < -0.39 is 28.8 Å². The van der Waals surface area contributed by atoms with Gasteiger partial charge in [-0.25, -0.2) is 18.6 Å². The van der Waals surface area contributed by atoms with Crippen LogP contribution >= 0.6 is 0 Å². The average Bonchev–Trinajstić information content (AvgIpc) is 3.32. The molecule has 1 aromatic carbocycles. The Labute approximate surface area is 165 Å². The van der Waals surface area contributed by atoms with Gasteiger partial charge >= 0.3 is 5.69 Å². The summed E-state index contributed by atoms with van der Waals surface area (Å²) in [6, 6.07) is 5.36. The molecule has 0 unspecified atom stereocenters. The lowest BCUT2D eigenvalue weighted by molar-refractivity contribution is 0.554. The van der Waals surface area contributed by atoms with Gasteiger partial charge in [0.05, 0.1) is 17.2 Å². The maximum absolute atomic E-state index is 14.5. The number of benzene rings is 1. The summed E-state index contributed by atoms with van der Waals surface area (Å²) in [6.07, 6.45) is 2.97. The maximum Gasteiger partial charge on any atom is 0.325 e. The highest BCUT2D eigenvalue weighted by Crippen LogP contribution is 2.56. The van der Waals surface area contributed by atoms with Crippen molar-refractivity contribution >= 4 is 5.65 Å². The molecule has 0 spiro atoms. The zero-order valence-electron chi connectivity index (χ0n) is 15.1. The van der Waals surface area contributed by atoms with Gasteiger partial charge in [0.25, 0.3) is 5.56 Å². The summed E-state index contributed by atoms with van der Waals surface area (Å²) < 4.78 is 30.1. The summed E-state index contributed by atoms with van der Waals surface area (Å²) in [6.45, 7) is 0. The van der Waals surface area contributed by atoms with Crippen molar-refractivity contribution in [1.82, 2.24) is 29.8 Å². The third kappa shape index (κ3) is 2.77. The van der Waals surface area contributed by atoms with Crippen LogP contribution in [0.25, 0.3) is 16.9 Å². The molecule has 1 aliphatic rings. The van der Waals surface area contributed by atoms with Crippen molar-refractivity contribution in [2.75, 3.05) is 0 Å². The molecule has 0 radical (unpaired) electrons. The van der Waals surface area contributed by atoms with E-state index in [1.165, 1.54) is 17.2 Å². The van der Waals surface area contributed by atoms with Gasteiger partial charge in [-0.1, -0.05) is 0 Å². The van der Waals surface area contributed by atoms with Crippen LogP contribution in [0.4, 0.5) is 8.78 Å². The van der Waals surface area contributed by atoms with E-state index in [9.17, 15) is 18.4 Å². The molecule has 30 heavy (non-hydrogen) atoms. The van der Waals surface area contributed by atoms with Crippen LogP contribution in [-0.2, 0) is 0 Å². The van der Waals surface area contributed by atoms with Crippen molar-refractivity contribution in [3.8, 4) is 17.3 Å². The molecule has 3 heterocycles. The van der Waals surface area contributed by atoms with Crippen molar-refractivity contribution in [3.05, 3.63) is 79.9 Å². The topological polar surface area (TPSA) is 133 Å². The van der Waals surface area contributed by atoms with Crippen LogP contribution in [-0.4, -0.2) is 29.8 Å². The molecule has 148 valence electrons. The van der Waals surface area contributed by atoms with Gasteiger partial charge in [0.15, 0.2) is 5.65 Å². The van der Waals surface area contributed by atoms with Crippen LogP contribution in [0.5, 0.6) is 0 Å². The zero-order chi connectivity index (χ0) is 21.0. The first kappa shape index (κ1) is 17.9. The van der Waals surface area contributed by atoms with Crippen LogP contribution in [0.2, 0.25) is 0 Å². The van der Waals surface area contributed by atoms with Crippen molar-refractivity contribution in [2.24, 2.45) is 0 Å². The number of H-pyrrole nitrogens is 2. The number of nitrogens with one attached hydrogen (secondary N) is 2. The van der Waals surface area contributed by atoms with Gasteiger partial charge in [0, 0.05) is 17.3 Å². The van der Waals surface area contributed by atoms with Crippen molar-refractivity contribution in [3.63, 3.8) is 0 Å². The summed E-state index contributed by atoms with van der Waals surface area (Å²) in [7, 11) is 0. The maximum atomic E-state index is 14.5. The molecule has 9 nitrogen and oxygen atoms in total. The standard InChI is InChI=1S/C19H11F2N7O2/c20-13-1-8(5-22)2-14(21)16(13)10-3-9(10)11-4-15(27-28-17(11)24-7-25-28)12-6-23-19(30)26-18(12)29/h1-2,4,6-7,9-10H,3H2,(H2,23,26,29,30)/t9-,10-/m1/s1. The van der Waals surface area contributed by atoms with E-state index in [2.05, 4.69) is 25.1 Å². The molecule has 0 aliphatic heterocycles. The highest BCUT2D eigenvalue weighted by molar-refractivity contribution is 5.63. The molecule has 5 rings (SSSR count). The molecule has 3 aromatic heterocycles. The van der Waals surface area contributed by atoms with E-state index in [0.29, 0.717) is 17.6 Å². The predicted molar refractivity (Wildman–Crippen MR) is 98.6 cm³/mol. The molecular weight excluding hydrogens is 396 g/mol. The number of aromatic nitrogens is 6. The highest BCUT2D eigenvalue weighted by atomic mass is 19.1. The molecule has 1 aliphatic carbocycles. The Morgan fingerprint density at radius 3 is 2.63 bits per heavy atom. The second-order valence-electron chi connectivity index (χ2n) is 6.96. The Balaban J connectivity index is 1.61. The zero-order valence-corrected chi connectivity index (χ0v) is 15.1. The van der Waals surface area contributed by atoms with E-state index in [0.717, 1.165) is 12.1 Å². The van der Waals surface area contributed by atoms with Gasteiger partial charge in [0.2, 0.25) is 0 Å². The number of fused-ring (bicyclic) bond motifs is 1. The summed E-state index contributed by atoms with van der Waals surface area (Å²) in [5, 5.41) is 17.1. The summed E-state index contributed by atoms with van der Waals surface area (Å²) >= 11 is 0. The number of nitriles is 1. The quantitative estimate of drug-likeness (QED) is 0.530. The number of hydrogen-bond acceptors (Lipinski definition) is 6. The fourth-order valence-corrected chi connectivity index (χ4v) is 3.71. The molecule has 0 saturated heterocycles. The Bertz CT molecular complexity index is 1460. The molecule has 4 aromatic rings. The molecule has 1 saturated carbocycles. The second kappa shape index (κ2) is 6.41. The fraction of sp³-hybridized carbons (Fsp3) is 0.158. The summed E-state index contributed by atoms with van der Waals surface area (Å²) in [5.74, 6) is -2.29. The second-order valence-corrected chi connectivity index (χ2v) is 6.96. The normalized spacial score (nSPS) is 17.8. The molecule has 0 amide bonds. The minimum absolute atomic E-state index is 0.0862. The van der Waals surface area contributed by atoms with Gasteiger partial charge in [-0.05, 0) is 36.5 Å². The number of halogens is 2. The predicted octanol–water partition coefficient (Wildman–Crippen LogP) is 1.59. The number of rotatable bonds is 3. The lowest BCUT2D eigenvalue weighted by Gasteiger charge is -2.08. The van der Waals surface area contributed by atoms with Crippen LogP contribution in [0.3, 0.4) is 0 Å². The van der Waals surface area contributed by atoms with E-state index in [1.807, 2.05) is 0 Å². The molecule has 11 heteroatoms. The third-order valence-electron chi connectivity index (χ3n) is 5.15. The number of hydrogen-bond donors (Lipinski definition) is 2. The lowest BCUT2D eigenvalue weighted by atomic mass is 10.0. The van der Waals surface area contributed by atoms with Gasteiger partial charge in [-0.2, -0.15) is 5.26 Å². The molecule has 0 bridgehead atoms. The Hall–Kier alpha value is -4.20. The van der Waals surface area contributed by atoms with Crippen LogP contribution in [0.1, 0.15) is 34.9 Å². The lowest BCUT2D eigenvalue weighted by Crippen LogP contribution is -2.23. The van der Waals surface area contributed by atoms with Gasteiger partial charge in [-0.15, -0.1) is 14.8 Å². The van der Waals surface area contributed by atoms with Crippen LogP contribution in [0.15, 0.2) is 40.3 Å². The molecular formula is C19H11F2N7O2. The van der Waals surface area contributed by atoms with Gasteiger partial charge in [-0.3, -0.25) is 9.78 Å². The Kier molecular flexibility index (Phi) is 3.82. The molecule has 2 N–H and O–H groups in total. The summed E-state index contributed by atoms with van der Waals surface area (Å²) in [5.41, 5.74) is -0.0924. The molecule has 2 atom stereocenters. The van der Waals surface area contributed by atoms with Crippen molar-refractivity contribution < 1.29 is 8.78 Å². The van der Waals surface area contributed by atoms with Crippen molar-refractivity contribution in [2.45, 2.75) is 18.3 Å². The summed E-state index contributed by atoms with van der Waals surface area (Å²) in [4.78, 5) is 32.1. The van der Waals surface area contributed by atoms with Gasteiger partial charge < -0.3 is 4.98 Å². The number of aromatic amines is 2. The van der Waals surface area contributed by atoms with Crippen LogP contribution in [0, 0.1) is 23.0 Å². The number of nitrogens with zero attached hydrogens (tertiary/aromatic N) is 5. The first-order chi connectivity index (χ1) is 14.5. The van der Waals surface area contributed by atoms with E-state index in [1.54, 1.807) is 12.1 Å². The largest absolute Gasteiger partial charge is 0.325 e. The van der Waals surface area contributed by atoms with Gasteiger partial charge in [0.1, 0.15) is 23.7 Å². The average molecular weight is 407 g/mol. The first-order valence-corrected chi connectivity index (χ1v) is 8.88. The Morgan fingerprint density at radius 2 is 1.93 bits per heavy atom. The van der Waals surface area contributed by atoms with E-state index in [4.69, 9.17) is 5.26 Å². The highest BCUT2D eigenvalue weighted by Gasteiger charge is 2.44. The Morgan fingerprint density at radius 1 is 1.17 bits per heavy atom.